The van der Waals surface area contributed by atoms with E-state index in [0.717, 1.165) is 13.1 Å². The van der Waals surface area contributed by atoms with Gasteiger partial charge in [0.15, 0.2) is 0 Å². The molecule has 0 radical (unpaired) electrons. The van der Waals surface area contributed by atoms with Gasteiger partial charge in [-0.25, -0.2) is 4.79 Å². The Morgan fingerprint density at radius 3 is 2.61 bits per heavy atom. The molecule has 1 heterocycles. The van der Waals surface area contributed by atoms with E-state index in [1.54, 1.807) is 4.90 Å². The lowest BCUT2D eigenvalue weighted by atomic mass is 10.1. The Morgan fingerprint density at radius 1 is 1.50 bits per heavy atom. The van der Waals surface area contributed by atoms with Gasteiger partial charge in [0.25, 0.3) is 0 Å². The first kappa shape index (κ1) is 15.6. The second-order valence-corrected chi connectivity index (χ2v) is 6.92. The Labute approximate surface area is 115 Å². The molecule has 0 aromatic rings. The second-order valence-electron chi connectivity index (χ2n) is 5.93. The molecule has 0 aromatic heterocycles. The number of nitrogens with zero attached hydrogens (tertiary/aromatic N) is 1. The zero-order chi connectivity index (χ0) is 13.8. The monoisotopic (exact) mass is 274 g/mol. The van der Waals surface area contributed by atoms with Crippen LogP contribution in [0.3, 0.4) is 0 Å². The molecule has 0 bridgehead atoms. The quantitative estimate of drug-likeness (QED) is 0.835. The fourth-order valence-electron chi connectivity index (χ4n) is 1.84. The molecule has 0 spiro atoms. The van der Waals surface area contributed by atoms with Crippen LogP contribution in [-0.4, -0.2) is 53.8 Å². The van der Waals surface area contributed by atoms with Gasteiger partial charge < -0.3 is 15.0 Å². The molecule has 1 aliphatic rings. The van der Waals surface area contributed by atoms with Gasteiger partial charge in [0.1, 0.15) is 5.60 Å². The minimum Gasteiger partial charge on any atom is -0.444 e. The lowest BCUT2D eigenvalue weighted by Gasteiger charge is -2.41. The largest absolute Gasteiger partial charge is 0.444 e. The number of likely N-dealkylation sites (tertiary alicyclic amines) is 1. The third-order valence-electron chi connectivity index (χ3n) is 2.81. The van der Waals surface area contributed by atoms with Crippen molar-refractivity contribution < 1.29 is 9.53 Å². The Bertz CT molecular complexity index is 273. The van der Waals surface area contributed by atoms with E-state index < -0.39 is 5.60 Å². The van der Waals surface area contributed by atoms with E-state index >= 15 is 0 Å². The van der Waals surface area contributed by atoms with Crippen molar-refractivity contribution in [2.75, 3.05) is 25.1 Å². The maximum absolute atomic E-state index is 11.7. The van der Waals surface area contributed by atoms with Crippen LogP contribution in [0.5, 0.6) is 0 Å². The van der Waals surface area contributed by atoms with Gasteiger partial charge in [0.2, 0.25) is 0 Å². The van der Waals surface area contributed by atoms with Crippen molar-refractivity contribution in [3.63, 3.8) is 0 Å². The first-order valence-electron chi connectivity index (χ1n) is 6.54. The van der Waals surface area contributed by atoms with Crippen LogP contribution in [0.15, 0.2) is 0 Å². The molecular formula is C13H26N2O2S. The predicted octanol–water partition coefficient (Wildman–Crippen LogP) is 2.34. The minimum atomic E-state index is -0.402. The van der Waals surface area contributed by atoms with Gasteiger partial charge in [0.05, 0.1) is 0 Å². The Morgan fingerprint density at radius 2 is 2.11 bits per heavy atom. The summed E-state index contributed by atoms with van der Waals surface area (Å²) in [4.78, 5) is 13.5. The fourth-order valence-corrected chi connectivity index (χ4v) is 2.43. The maximum atomic E-state index is 11.7. The normalized spacial score (nSPS) is 18.4. The molecule has 1 atom stereocenters. The SMILES string of the molecule is CSCCC(C)NC1CN(C(=O)OC(C)(C)C)C1. The third-order valence-corrected chi connectivity index (χ3v) is 3.45. The van der Waals surface area contributed by atoms with E-state index in [-0.39, 0.29) is 6.09 Å². The molecule has 1 aliphatic heterocycles. The van der Waals surface area contributed by atoms with Crippen LogP contribution in [-0.2, 0) is 4.74 Å². The highest BCUT2D eigenvalue weighted by Crippen LogP contribution is 2.15. The number of carbonyl (C=O) groups is 1. The van der Waals surface area contributed by atoms with Crippen LogP contribution in [0.1, 0.15) is 34.1 Å². The summed E-state index contributed by atoms with van der Waals surface area (Å²) in [6.07, 6.45) is 3.10. The fraction of sp³-hybridized carbons (Fsp3) is 0.923. The molecule has 18 heavy (non-hydrogen) atoms. The lowest BCUT2D eigenvalue weighted by Crippen LogP contribution is -2.62. The van der Waals surface area contributed by atoms with Crippen molar-refractivity contribution in [3.8, 4) is 0 Å². The smallest absolute Gasteiger partial charge is 0.410 e. The maximum Gasteiger partial charge on any atom is 0.410 e. The zero-order valence-electron chi connectivity index (χ0n) is 12.2. The van der Waals surface area contributed by atoms with Crippen LogP contribution in [0.2, 0.25) is 0 Å². The number of nitrogens with one attached hydrogen (secondary N) is 1. The van der Waals surface area contributed by atoms with Crippen LogP contribution >= 0.6 is 11.8 Å². The van der Waals surface area contributed by atoms with Crippen LogP contribution in [0.4, 0.5) is 4.79 Å². The molecule has 1 unspecified atom stereocenters. The second kappa shape index (κ2) is 6.66. The first-order valence-corrected chi connectivity index (χ1v) is 7.94. The summed E-state index contributed by atoms with van der Waals surface area (Å²) in [5.41, 5.74) is -0.402. The molecule has 1 saturated heterocycles. The molecule has 0 aromatic carbocycles. The average Bonchev–Trinajstić information content (AvgIpc) is 2.16. The van der Waals surface area contributed by atoms with Crippen LogP contribution in [0, 0.1) is 0 Å². The molecule has 1 fully saturated rings. The highest BCUT2D eigenvalue weighted by Gasteiger charge is 2.33. The molecule has 1 N–H and O–H groups in total. The summed E-state index contributed by atoms with van der Waals surface area (Å²) >= 11 is 1.87. The van der Waals surface area contributed by atoms with Crippen molar-refractivity contribution in [2.24, 2.45) is 0 Å². The van der Waals surface area contributed by atoms with Crippen molar-refractivity contribution >= 4 is 17.9 Å². The van der Waals surface area contributed by atoms with Gasteiger partial charge >= 0.3 is 6.09 Å². The van der Waals surface area contributed by atoms with Gasteiger partial charge in [0, 0.05) is 25.2 Å². The standard InChI is InChI=1S/C13H26N2O2S/c1-10(6-7-18-5)14-11-8-15(9-11)12(16)17-13(2,3)4/h10-11,14H,6-9H2,1-5H3. The molecule has 1 amide bonds. The zero-order valence-corrected chi connectivity index (χ0v) is 13.0. The third kappa shape index (κ3) is 5.48. The van der Waals surface area contributed by atoms with Crippen molar-refractivity contribution in [1.82, 2.24) is 10.2 Å². The number of hydrogen-bond donors (Lipinski definition) is 1. The van der Waals surface area contributed by atoms with Gasteiger partial charge in [-0.05, 0) is 46.1 Å². The van der Waals surface area contributed by atoms with E-state index in [9.17, 15) is 4.79 Å². The molecule has 0 saturated carbocycles. The summed E-state index contributed by atoms with van der Waals surface area (Å²) in [5, 5.41) is 3.54. The Balaban J connectivity index is 2.17. The van der Waals surface area contributed by atoms with Gasteiger partial charge in [-0.2, -0.15) is 11.8 Å². The highest BCUT2D eigenvalue weighted by atomic mass is 32.2. The van der Waals surface area contributed by atoms with E-state index in [1.165, 1.54) is 12.2 Å². The summed E-state index contributed by atoms with van der Waals surface area (Å²) in [5.74, 6) is 1.18. The van der Waals surface area contributed by atoms with Gasteiger partial charge in [-0.3, -0.25) is 0 Å². The number of amides is 1. The summed E-state index contributed by atoms with van der Waals surface area (Å²) in [7, 11) is 0. The Hall–Kier alpha value is -0.420. The van der Waals surface area contributed by atoms with E-state index in [1.807, 2.05) is 32.5 Å². The van der Waals surface area contributed by atoms with E-state index in [0.29, 0.717) is 12.1 Å². The molecule has 5 heteroatoms. The van der Waals surface area contributed by atoms with Crippen LogP contribution < -0.4 is 5.32 Å². The topological polar surface area (TPSA) is 41.6 Å². The predicted molar refractivity (Wildman–Crippen MR) is 77.2 cm³/mol. The average molecular weight is 274 g/mol. The molecule has 106 valence electrons. The molecule has 0 aliphatic carbocycles. The highest BCUT2D eigenvalue weighted by molar-refractivity contribution is 7.98. The van der Waals surface area contributed by atoms with E-state index in [4.69, 9.17) is 4.74 Å². The first-order chi connectivity index (χ1) is 8.31. The van der Waals surface area contributed by atoms with Gasteiger partial charge in [-0.15, -0.1) is 0 Å². The molecular weight excluding hydrogens is 248 g/mol. The number of carbonyl (C=O) groups excluding carboxylic acids is 1. The van der Waals surface area contributed by atoms with Crippen molar-refractivity contribution in [3.05, 3.63) is 0 Å². The molecule has 4 nitrogen and oxygen atoms in total. The summed E-state index contributed by atoms with van der Waals surface area (Å²) in [6, 6.07) is 0.942. The van der Waals surface area contributed by atoms with Crippen molar-refractivity contribution in [2.45, 2.75) is 51.8 Å². The summed E-state index contributed by atoms with van der Waals surface area (Å²) in [6.45, 7) is 9.41. The van der Waals surface area contributed by atoms with Crippen LogP contribution in [0.25, 0.3) is 0 Å². The van der Waals surface area contributed by atoms with E-state index in [2.05, 4.69) is 18.5 Å². The lowest BCUT2D eigenvalue weighted by molar-refractivity contribution is 0.00433. The Kier molecular flexibility index (Phi) is 5.79. The minimum absolute atomic E-state index is 0.197. The molecule has 1 rings (SSSR count). The summed E-state index contributed by atoms with van der Waals surface area (Å²) < 4.78 is 5.32. The number of ether oxygens (including phenoxy) is 1. The number of rotatable bonds is 5. The number of thioether (sulfide) groups is 1. The van der Waals surface area contributed by atoms with Crippen molar-refractivity contribution in [1.29, 1.82) is 0 Å². The van der Waals surface area contributed by atoms with Gasteiger partial charge in [-0.1, -0.05) is 0 Å². The number of hydrogen-bond acceptors (Lipinski definition) is 4.